The molecule has 0 amide bonds. The van der Waals surface area contributed by atoms with Gasteiger partial charge in [0.1, 0.15) is 10.2 Å². The maximum atomic E-state index is 11.7. The van der Waals surface area contributed by atoms with Gasteiger partial charge in [-0.2, -0.15) is 4.98 Å². The van der Waals surface area contributed by atoms with Crippen LogP contribution in [-0.2, 0) is 4.74 Å². The van der Waals surface area contributed by atoms with Gasteiger partial charge in [0.25, 0.3) is 0 Å². The molecule has 17 heavy (non-hydrogen) atoms. The van der Waals surface area contributed by atoms with E-state index in [2.05, 4.69) is 4.98 Å². The Balaban J connectivity index is 2.64. The van der Waals surface area contributed by atoms with Gasteiger partial charge in [0.2, 0.25) is 0 Å². The Morgan fingerprint density at radius 3 is 2.82 bits per heavy atom. The van der Waals surface area contributed by atoms with Gasteiger partial charge in [-0.3, -0.25) is 0 Å². The van der Waals surface area contributed by atoms with Crippen molar-refractivity contribution in [1.29, 1.82) is 0 Å². The fourth-order valence-corrected chi connectivity index (χ4v) is 2.47. The lowest BCUT2D eigenvalue weighted by Gasteiger charge is -1.98. The molecule has 0 aliphatic rings. The minimum absolute atomic E-state index is 0.213. The number of esters is 1. The second-order valence-electron chi connectivity index (χ2n) is 3.49. The highest BCUT2D eigenvalue weighted by molar-refractivity contribution is 7.18. The average Bonchev–Trinajstić information content (AvgIpc) is 2.55. The quantitative estimate of drug-likeness (QED) is 0.766. The molecule has 6 heteroatoms. The first-order valence-corrected chi connectivity index (χ1v) is 5.94. The summed E-state index contributed by atoms with van der Waals surface area (Å²) < 4.78 is 9.60. The third kappa shape index (κ3) is 1.95. The minimum atomic E-state index is -0.713. The Kier molecular flexibility index (Phi) is 2.97. The van der Waals surface area contributed by atoms with Crippen LogP contribution in [0.1, 0.15) is 28.0 Å². The number of hydrogen-bond donors (Lipinski definition) is 0. The third-order valence-electron chi connectivity index (χ3n) is 2.41. The monoisotopic (exact) mass is 253 g/mol. The average molecular weight is 253 g/mol. The van der Waals surface area contributed by atoms with Crippen LogP contribution in [0, 0.1) is 13.8 Å². The lowest BCUT2D eigenvalue weighted by molar-refractivity contribution is 0.0474. The molecule has 2 rings (SSSR count). The van der Waals surface area contributed by atoms with Crippen molar-refractivity contribution in [1.82, 2.24) is 4.98 Å². The zero-order chi connectivity index (χ0) is 12.6. The number of aromatic nitrogens is 1. The number of carbonyl (C=O) groups excluding carboxylic acids is 1. The summed E-state index contributed by atoms with van der Waals surface area (Å²) in [6.45, 7) is 5.61. The van der Waals surface area contributed by atoms with Crippen LogP contribution in [0.5, 0.6) is 0 Å². The Morgan fingerprint density at radius 2 is 2.18 bits per heavy atom. The van der Waals surface area contributed by atoms with Crippen LogP contribution in [0.15, 0.2) is 9.21 Å². The van der Waals surface area contributed by atoms with Crippen molar-refractivity contribution in [2.45, 2.75) is 20.8 Å². The molecule has 0 aliphatic heterocycles. The molecule has 0 aromatic carbocycles. The van der Waals surface area contributed by atoms with Crippen LogP contribution >= 0.6 is 11.3 Å². The standard InChI is InChI=1S/C11H11NO4S/c1-4-15-11(14)8-12-9-7(10(13)16-8)5(2)6(3)17-9/h4H2,1-3H3. The molecule has 0 saturated carbocycles. The lowest BCUT2D eigenvalue weighted by atomic mass is 10.2. The SMILES string of the molecule is CCOC(=O)c1nc2sc(C)c(C)c2c(=O)o1. The molecule has 0 N–H and O–H groups in total. The summed E-state index contributed by atoms with van der Waals surface area (Å²) >= 11 is 1.36. The highest BCUT2D eigenvalue weighted by Gasteiger charge is 2.18. The highest BCUT2D eigenvalue weighted by atomic mass is 32.1. The maximum Gasteiger partial charge on any atom is 0.394 e. The van der Waals surface area contributed by atoms with Crippen LogP contribution in [0.3, 0.4) is 0 Å². The first-order valence-electron chi connectivity index (χ1n) is 5.12. The van der Waals surface area contributed by atoms with Crippen molar-refractivity contribution in [3.8, 4) is 0 Å². The molecule has 0 radical (unpaired) electrons. The lowest BCUT2D eigenvalue weighted by Crippen LogP contribution is -2.12. The minimum Gasteiger partial charge on any atom is -0.459 e. The van der Waals surface area contributed by atoms with Crippen molar-refractivity contribution < 1.29 is 13.9 Å². The van der Waals surface area contributed by atoms with Gasteiger partial charge >= 0.3 is 17.5 Å². The zero-order valence-electron chi connectivity index (χ0n) is 9.70. The fourth-order valence-electron chi connectivity index (χ4n) is 1.46. The van der Waals surface area contributed by atoms with Gasteiger partial charge in [-0.25, -0.2) is 9.59 Å². The van der Waals surface area contributed by atoms with Crippen LogP contribution in [0.25, 0.3) is 10.2 Å². The number of carbonyl (C=O) groups is 1. The normalized spacial score (nSPS) is 10.8. The summed E-state index contributed by atoms with van der Waals surface area (Å²) in [6.07, 6.45) is 0. The van der Waals surface area contributed by atoms with E-state index in [1.54, 1.807) is 6.92 Å². The van der Waals surface area contributed by atoms with Crippen LogP contribution in [0.4, 0.5) is 0 Å². The van der Waals surface area contributed by atoms with E-state index < -0.39 is 11.6 Å². The number of hydrogen-bond acceptors (Lipinski definition) is 6. The number of nitrogens with zero attached hydrogens (tertiary/aromatic N) is 1. The van der Waals surface area contributed by atoms with Crippen molar-refractivity contribution in [2.75, 3.05) is 6.61 Å². The summed E-state index contributed by atoms with van der Waals surface area (Å²) in [6, 6.07) is 0. The molecule has 2 heterocycles. The molecule has 0 aliphatic carbocycles. The fraction of sp³-hybridized carbons (Fsp3) is 0.364. The Morgan fingerprint density at radius 1 is 1.47 bits per heavy atom. The van der Waals surface area contributed by atoms with Gasteiger partial charge in [0, 0.05) is 4.88 Å². The first-order chi connectivity index (χ1) is 8.04. The van der Waals surface area contributed by atoms with Gasteiger partial charge in [-0.1, -0.05) is 0 Å². The molecule has 0 fully saturated rings. The maximum absolute atomic E-state index is 11.7. The molecule has 0 spiro atoms. The molecule has 0 atom stereocenters. The van der Waals surface area contributed by atoms with Crippen molar-refractivity contribution in [3.63, 3.8) is 0 Å². The van der Waals surface area contributed by atoms with E-state index in [-0.39, 0.29) is 12.5 Å². The molecular formula is C11H11NO4S. The van der Waals surface area contributed by atoms with E-state index in [9.17, 15) is 9.59 Å². The number of ether oxygens (including phenoxy) is 1. The smallest absolute Gasteiger partial charge is 0.394 e. The second-order valence-corrected chi connectivity index (χ2v) is 4.69. The van der Waals surface area contributed by atoms with Gasteiger partial charge in [0.05, 0.1) is 6.61 Å². The molecule has 2 aromatic heterocycles. The van der Waals surface area contributed by atoms with Crippen LogP contribution in [-0.4, -0.2) is 17.6 Å². The zero-order valence-corrected chi connectivity index (χ0v) is 10.5. The number of aryl methyl sites for hydroxylation is 2. The van der Waals surface area contributed by atoms with E-state index in [1.807, 2.05) is 13.8 Å². The molecule has 90 valence electrons. The van der Waals surface area contributed by atoms with E-state index in [4.69, 9.17) is 9.15 Å². The highest BCUT2D eigenvalue weighted by Crippen LogP contribution is 2.26. The van der Waals surface area contributed by atoms with Gasteiger partial charge in [-0.15, -0.1) is 11.3 Å². The Labute approximate surface area is 101 Å². The summed E-state index contributed by atoms with van der Waals surface area (Å²) in [5, 5.41) is 0.445. The topological polar surface area (TPSA) is 69.4 Å². The van der Waals surface area contributed by atoms with E-state index in [1.165, 1.54) is 11.3 Å². The predicted octanol–water partition coefficient (Wildman–Crippen LogP) is 2.04. The van der Waals surface area contributed by atoms with Crippen molar-refractivity contribution >= 4 is 27.5 Å². The van der Waals surface area contributed by atoms with Gasteiger partial charge in [0.15, 0.2) is 0 Å². The number of fused-ring (bicyclic) bond motifs is 1. The van der Waals surface area contributed by atoms with Crippen LogP contribution in [0.2, 0.25) is 0 Å². The number of rotatable bonds is 2. The summed E-state index contributed by atoms with van der Waals surface area (Å²) in [5.74, 6) is -0.999. The number of thiophene rings is 1. The third-order valence-corrected chi connectivity index (χ3v) is 3.51. The molecule has 2 aromatic rings. The Hall–Kier alpha value is -1.69. The van der Waals surface area contributed by atoms with E-state index >= 15 is 0 Å². The van der Waals surface area contributed by atoms with Crippen molar-refractivity contribution in [2.24, 2.45) is 0 Å². The molecule has 5 nitrogen and oxygen atoms in total. The summed E-state index contributed by atoms with van der Waals surface area (Å²) in [4.78, 5) is 28.7. The molecular weight excluding hydrogens is 242 g/mol. The first kappa shape index (κ1) is 11.8. The van der Waals surface area contributed by atoms with E-state index in [0.29, 0.717) is 10.2 Å². The Bertz CT molecular complexity index is 641. The van der Waals surface area contributed by atoms with Gasteiger partial charge in [-0.05, 0) is 26.3 Å². The summed E-state index contributed by atoms with van der Waals surface area (Å²) in [5.41, 5.74) is 0.307. The summed E-state index contributed by atoms with van der Waals surface area (Å²) in [7, 11) is 0. The van der Waals surface area contributed by atoms with Crippen LogP contribution < -0.4 is 5.63 Å². The molecule has 0 bridgehead atoms. The van der Waals surface area contributed by atoms with E-state index in [0.717, 1.165) is 10.4 Å². The molecule has 0 saturated heterocycles. The van der Waals surface area contributed by atoms with Crippen molar-refractivity contribution in [3.05, 3.63) is 26.8 Å². The largest absolute Gasteiger partial charge is 0.459 e. The predicted molar refractivity (Wildman–Crippen MR) is 63.6 cm³/mol. The molecule has 0 unspecified atom stereocenters. The van der Waals surface area contributed by atoms with Gasteiger partial charge < -0.3 is 9.15 Å². The second kappa shape index (κ2) is 4.29.